The van der Waals surface area contributed by atoms with Gasteiger partial charge in [0.15, 0.2) is 0 Å². The van der Waals surface area contributed by atoms with Crippen LogP contribution in [0.5, 0.6) is 0 Å². The van der Waals surface area contributed by atoms with E-state index in [1.807, 2.05) is 19.9 Å². The van der Waals surface area contributed by atoms with Crippen LogP contribution in [0, 0.1) is 5.92 Å². The molecular formula is C12H18BrCl2NO. The van der Waals surface area contributed by atoms with Gasteiger partial charge in [-0.3, -0.25) is 0 Å². The van der Waals surface area contributed by atoms with E-state index in [2.05, 4.69) is 15.9 Å². The first-order valence-electron chi connectivity index (χ1n) is 5.36. The third-order valence-corrected chi connectivity index (χ3v) is 3.87. The van der Waals surface area contributed by atoms with Crippen LogP contribution >= 0.6 is 39.9 Å². The quantitative estimate of drug-likeness (QED) is 0.870. The maximum atomic E-state index is 10.1. The van der Waals surface area contributed by atoms with Crippen LogP contribution in [-0.2, 0) is 0 Å². The van der Waals surface area contributed by atoms with E-state index in [0.29, 0.717) is 5.02 Å². The first kappa shape index (κ1) is 17.2. The van der Waals surface area contributed by atoms with Crippen molar-refractivity contribution in [1.29, 1.82) is 0 Å². The largest absolute Gasteiger partial charge is 0.391 e. The average Bonchev–Trinajstić information content (AvgIpc) is 2.29. The molecule has 1 aromatic carbocycles. The molecule has 0 bridgehead atoms. The second-order valence-electron chi connectivity index (χ2n) is 4.07. The van der Waals surface area contributed by atoms with E-state index in [4.69, 9.17) is 17.3 Å². The molecule has 3 atom stereocenters. The molecule has 3 N–H and O–H groups in total. The normalized spacial score (nSPS) is 15.9. The standard InChI is InChI=1S/C12H17BrClNO.ClH/c1-3-7(2)12(16)11(15)9-6-8(14)4-5-10(9)13;/h4-7,11-12,16H,3,15H2,1-2H3;1H/t7?,11-,12+;/m1./s1. The van der Waals surface area contributed by atoms with Gasteiger partial charge in [0.1, 0.15) is 0 Å². The van der Waals surface area contributed by atoms with Crippen LogP contribution in [0.25, 0.3) is 0 Å². The number of rotatable bonds is 4. The molecule has 0 aliphatic heterocycles. The van der Waals surface area contributed by atoms with Gasteiger partial charge < -0.3 is 10.8 Å². The number of hydrogen-bond donors (Lipinski definition) is 2. The van der Waals surface area contributed by atoms with E-state index < -0.39 is 12.1 Å². The average molecular weight is 343 g/mol. The summed E-state index contributed by atoms with van der Waals surface area (Å²) in [5.41, 5.74) is 6.89. The lowest BCUT2D eigenvalue weighted by atomic mass is 9.92. The fourth-order valence-corrected chi connectivity index (χ4v) is 2.24. The van der Waals surface area contributed by atoms with Gasteiger partial charge in [-0.2, -0.15) is 0 Å². The van der Waals surface area contributed by atoms with Crippen molar-refractivity contribution in [3.05, 3.63) is 33.3 Å². The first-order valence-corrected chi connectivity index (χ1v) is 6.53. The van der Waals surface area contributed by atoms with Crippen LogP contribution in [0.2, 0.25) is 5.02 Å². The highest BCUT2D eigenvalue weighted by Crippen LogP contribution is 2.29. The second kappa shape index (κ2) is 7.59. The molecule has 0 saturated carbocycles. The molecule has 2 nitrogen and oxygen atoms in total. The summed E-state index contributed by atoms with van der Waals surface area (Å²) in [6.07, 6.45) is 0.340. The van der Waals surface area contributed by atoms with Crippen LogP contribution < -0.4 is 5.73 Å². The van der Waals surface area contributed by atoms with Crippen molar-refractivity contribution in [2.45, 2.75) is 32.4 Å². The molecule has 5 heteroatoms. The lowest BCUT2D eigenvalue weighted by Crippen LogP contribution is -2.31. The molecule has 0 fully saturated rings. The molecule has 0 saturated heterocycles. The zero-order chi connectivity index (χ0) is 12.3. The maximum Gasteiger partial charge on any atom is 0.0758 e. The fraction of sp³-hybridized carbons (Fsp3) is 0.500. The number of aliphatic hydroxyl groups excluding tert-OH is 1. The summed E-state index contributed by atoms with van der Waals surface area (Å²) in [5.74, 6) is 0.167. The minimum Gasteiger partial charge on any atom is -0.391 e. The fourth-order valence-electron chi connectivity index (χ4n) is 1.55. The number of hydrogen-bond acceptors (Lipinski definition) is 2. The van der Waals surface area contributed by atoms with Crippen LogP contribution in [0.3, 0.4) is 0 Å². The molecule has 1 rings (SSSR count). The molecule has 0 radical (unpaired) electrons. The summed E-state index contributed by atoms with van der Waals surface area (Å²) in [6.45, 7) is 4.02. The van der Waals surface area contributed by atoms with Crippen LogP contribution in [-0.4, -0.2) is 11.2 Å². The summed E-state index contributed by atoms with van der Waals surface area (Å²) in [7, 11) is 0. The summed E-state index contributed by atoms with van der Waals surface area (Å²) in [4.78, 5) is 0. The molecule has 0 aliphatic rings. The van der Waals surface area contributed by atoms with Crippen molar-refractivity contribution in [3.8, 4) is 0 Å². The van der Waals surface area contributed by atoms with Crippen LogP contribution in [0.4, 0.5) is 0 Å². The van der Waals surface area contributed by atoms with Gasteiger partial charge in [0.05, 0.1) is 12.1 Å². The molecule has 0 aliphatic carbocycles. The summed E-state index contributed by atoms with van der Waals surface area (Å²) < 4.78 is 0.881. The van der Waals surface area contributed by atoms with Gasteiger partial charge in [-0.1, -0.05) is 47.8 Å². The van der Waals surface area contributed by atoms with E-state index in [1.54, 1.807) is 12.1 Å². The van der Waals surface area contributed by atoms with Gasteiger partial charge in [-0.05, 0) is 29.7 Å². The Labute approximate surface area is 122 Å². The Hall–Kier alpha value is 0.200. The zero-order valence-corrected chi connectivity index (χ0v) is 13.0. The lowest BCUT2D eigenvalue weighted by molar-refractivity contribution is 0.0878. The number of benzene rings is 1. The molecule has 17 heavy (non-hydrogen) atoms. The van der Waals surface area contributed by atoms with E-state index in [9.17, 15) is 5.11 Å². The zero-order valence-electron chi connectivity index (χ0n) is 9.86. The van der Waals surface area contributed by atoms with Crippen LogP contribution in [0.1, 0.15) is 31.9 Å². The third-order valence-electron chi connectivity index (χ3n) is 2.91. The van der Waals surface area contributed by atoms with Crippen molar-refractivity contribution in [3.63, 3.8) is 0 Å². The first-order chi connectivity index (χ1) is 7.47. The second-order valence-corrected chi connectivity index (χ2v) is 5.36. The number of aliphatic hydroxyl groups is 1. The SMILES string of the molecule is CCC(C)[C@H](O)[C@H](N)c1cc(Cl)ccc1Br.Cl. The smallest absolute Gasteiger partial charge is 0.0758 e. The lowest BCUT2D eigenvalue weighted by Gasteiger charge is -2.25. The molecule has 0 aromatic heterocycles. The van der Waals surface area contributed by atoms with Crippen molar-refractivity contribution < 1.29 is 5.11 Å². The molecule has 1 aromatic rings. The highest BCUT2D eigenvalue weighted by atomic mass is 79.9. The Morgan fingerprint density at radius 2 is 2.06 bits per heavy atom. The van der Waals surface area contributed by atoms with E-state index in [1.165, 1.54) is 0 Å². The van der Waals surface area contributed by atoms with Gasteiger partial charge in [0.25, 0.3) is 0 Å². The Morgan fingerprint density at radius 1 is 1.47 bits per heavy atom. The molecule has 1 unspecified atom stereocenters. The van der Waals surface area contributed by atoms with E-state index in [-0.39, 0.29) is 18.3 Å². The van der Waals surface area contributed by atoms with Crippen molar-refractivity contribution in [1.82, 2.24) is 0 Å². The highest BCUT2D eigenvalue weighted by molar-refractivity contribution is 9.10. The Morgan fingerprint density at radius 3 is 2.59 bits per heavy atom. The van der Waals surface area contributed by atoms with Crippen molar-refractivity contribution >= 4 is 39.9 Å². The van der Waals surface area contributed by atoms with Gasteiger partial charge in [0, 0.05) is 9.50 Å². The monoisotopic (exact) mass is 341 g/mol. The minimum atomic E-state index is -0.556. The molecule has 98 valence electrons. The molecule has 0 amide bonds. The Balaban J connectivity index is 0.00000256. The van der Waals surface area contributed by atoms with Gasteiger partial charge in [-0.15, -0.1) is 12.4 Å². The number of nitrogens with two attached hydrogens (primary N) is 1. The molecule has 0 spiro atoms. The van der Waals surface area contributed by atoms with Gasteiger partial charge in [-0.25, -0.2) is 0 Å². The van der Waals surface area contributed by atoms with Crippen LogP contribution in [0.15, 0.2) is 22.7 Å². The highest BCUT2D eigenvalue weighted by Gasteiger charge is 2.23. The summed E-state index contributed by atoms with van der Waals surface area (Å²) in [5, 5.41) is 10.7. The van der Waals surface area contributed by atoms with Crippen molar-refractivity contribution in [2.75, 3.05) is 0 Å². The third kappa shape index (κ3) is 4.42. The van der Waals surface area contributed by atoms with Gasteiger partial charge in [0.2, 0.25) is 0 Å². The predicted octanol–water partition coefficient (Wildman–Crippen LogP) is 3.93. The van der Waals surface area contributed by atoms with Crippen molar-refractivity contribution in [2.24, 2.45) is 11.7 Å². The Kier molecular flexibility index (Phi) is 7.68. The van der Waals surface area contributed by atoms with E-state index >= 15 is 0 Å². The van der Waals surface area contributed by atoms with E-state index in [0.717, 1.165) is 16.5 Å². The topological polar surface area (TPSA) is 46.2 Å². The maximum absolute atomic E-state index is 10.1. The minimum absolute atomic E-state index is 0. The molecule has 0 heterocycles. The number of halogens is 3. The summed E-state index contributed by atoms with van der Waals surface area (Å²) in [6, 6.07) is 5.02. The Bertz CT molecular complexity index is 362. The molecular weight excluding hydrogens is 325 g/mol. The van der Waals surface area contributed by atoms with Gasteiger partial charge >= 0.3 is 0 Å². The summed E-state index contributed by atoms with van der Waals surface area (Å²) >= 11 is 9.34. The predicted molar refractivity (Wildman–Crippen MR) is 78.8 cm³/mol.